The molecule has 1 N–H and O–H groups in total. The third-order valence-electron chi connectivity index (χ3n) is 3.94. The Kier molecular flexibility index (Phi) is 3.85. The number of nitrogens with zero attached hydrogens (tertiary/aromatic N) is 4. The number of pyridine rings is 1. The number of H-pyrrole nitrogens is 1. The minimum Gasteiger partial charge on any atom is -0.334 e. The van der Waals surface area contributed by atoms with Crippen LogP contribution in [-0.2, 0) is 6.54 Å². The fourth-order valence-corrected chi connectivity index (χ4v) is 3.40. The van der Waals surface area contributed by atoms with Crippen LogP contribution in [0.15, 0.2) is 51.6 Å². The molecule has 0 spiro atoms. The van der Waals surface area contributed by atoms with Crippen LogP contribution in [0.5, 0.6) is 0 Å². The van der Waals surface area contributed by atoms with Gasteiger partial charge < -0.3 is 9.88 Å². The lowest BCUT2D eigenvalue weighted by Crippen LogP contribution is -2.33. The number of aromatic nitrogens is 4. The zero-order valence-corrected chi connectivity index (χ0v) is 14.5. The maximum atomic E-state index is 12.7. The number of hydrogen-bond donors (Lipinski definition) is 1. The summed E-state index contributed by atoms with van der Waals surface area (Å²) in [6.07, 6.45) is 2.83. The summed E-state index contributed by atoms with van der Waals surface area (Å²) in [7, 11) is 1.54. The van der Waals surface area contributed by atoms with Crippen molar-refractivity contribution in [2.45, 2.75) is 6.54 Å². The number of thiophene rings is 1. The minimum absolute atomic E-state index is 0.0461. The molecule has 0 radical (unpaired) electrons. The molecule has 4 rings (SSSR count). The van der Waals surface area contributed by atoms with Crippen LogP contribution in [0.1, 0.15) is 16.2 Å². The Labute approximate surface area is 150 Å². The highest BCUT2D eigenvalue weighted by molar-refractivity contribution is 7.17. The van der Waals surface area contributed by atoms with E-state index in [1.54, 1.807) is 42.9 Å². The van der Waals surface area contributed by atoms with Gasteiger partial charge in [-0.15, -0.1) is 11.3 Å². The van der Waals surface area contributed by atoms with Crippen LogP contribution in [0.2, 0.25) is 0 Å². The van der Waals surface area contributed by atoms with Crippen LogP contribution in [0.4, 0.5) is 0 Å². The number of rotatable bonds is 3. The molecule has 1 amide bonds. The van der Waals surface area contributed by atoms with E-state index in [4.69, 9.17) is 0 Å². The lowest BCUT2D eigenvalue weighted by atomic mass is 10.2. The van der Waals surface area contributed by atoms with Crippen molar-refractivity contribution in [1.29, 1.82) is 0 Å². The van der Waals surface area contributed by atoms with E-state index in [0.717, 1.165) is 0 Å². The molecule has 8 nitrogen and oxygen atoms in total. The minimum atomic E-state index is -0.492. The van der Waals surface area contributed by atoms with Crippen molar-refractivity contribution < 1.29 is 4.79 Å². The van der Waals surface area contributed by atoms with Crippen LogP contribution in [0.25, 0.3) is 15.9 Å². The van der Waals surface area contributed by atoms with E-state index in [1.165, 1.54) is 26.8 Å². The summed E-state index contributed by atoms with van der Waals surface area (Å²) in [6.45, 7) is 0.0663. The fourth-order valence-electron chi connectivity index (χ4n) is 2.67. The van der Waals surface area contributed by atoms with Gasteiger partial charge in [0, 0.05) is 19.4 Å². The monoisotopic (exact) mass is 367 g/mol. The zero-order chi connectivity index (χ0) is 18.3. The second-order valence-corrected chi connectivity index (χ2v) is 6.63. The van der Waals surface area contributed by atoms with E-state index in [2.05, 4.69) is 15.0 Å². The average Bonchev–Trinajstić information content (AvgIpc) is 3.11. The predicted octanol–water partition coefficient (Wildman–Crippen LogP) is 1.26. The molecule has 0 atom stereocenters. The maximum absolute atomic E-state index is 12.7. The molecule has 0 aliphatic heterocycles. The highest BCUT2D eigenvalue weighted by Crippen LogP contribution is 2.14. The number of carbonyl (C=O) groups is 1. The number of carbonyl (C=O) groups excluding carboxylic acids is 1. The Balaban J connectivity index is 1.66. The maximum Gasteiger partial charge on any atom is 0.270 e. The van der Waals surface area contributed by atoms with E-state index in [1.807, 2.05) is 0 Å². The first-order valence-corrected chi connectivity index (χ1v) is 8.61. The van der Waals surface area contributed by atoms with Crippen molar-refractivity contribution in [3.8, 4) is 0 Å². The Hall–Kier alpha value is -3.33. The first-order chi connectivity index (χ1) is 12.5. The van der Waals surface area contributed by atoms with Gasteiger partial charge in [-0.3, -0.25) is 18.8 Å². The van der Waals surface area contributed by atoms with Gasteiger partial charge in [0.2, 0.25) is 0 Å². The molecule has 4 aromatic heterocycles. The molecule has 0 aliphatic rings. The molecule has 9 heteroatoms. The third-order valence-corrected chi connectivity index (χ3v) is 4.84. The van der Waals surface area contributed by atoms with Crippen molar-refractivity contribution in [3.05, 3.63) is 74.1 Å². The van der Waals surface area contributed by atoms with E-state index >= 15 is 0 Å². The molecule has 130 valence electrons. The summed E-state index contributed by atoms with van der Waals surface area (Å²) >= 11 is 1.31. The summed E-state index contributed by atoms with van der Waals surface area (Å²) < 4.78 is 1.86. The second kappa shape index (κ2) is 6.19. The van der Waals surface area contributed by atoms with Crippen molar-refractivity contribution in [2.24, 2.45) is 0 Å². The predicted molar refractivity (Wildman–Crippen MR) is 97.5 cm³/mol. The summed E-state index contributed by atoms with van der Waals surface area (Å²) in [5.41, 5.74) is 0.318. The lowest BCUT2D eigenvalue weighted by molar-refractivity contribution is 0.0779. The highest BCUT2D eigenvalue weighted by Gasteiger charge is 2.18. The fraction of sp³-hybridized carbons (Fsp3) is 0.118. The van der Waals surface area contributed by atoms with Crippen molar-refractivity contribution in [2.75, 3.05) is 7.05 Å². The first-order valence-electron chi connectivity index (χ1n) is 7.73. The normalized spacial score (nSPS) is 11.1. The third kappa shape index (κ3) is 2.68. The van der Waals surface area contributed by atoms with Gasteiger partial charge in [-0.1, -0.05) is 6.07 Å². The van der Waals surface area contributed by atoms with Crippen LogP contribution in [-0.4, -0.2) is 37.2 Å². The SMILES string of the molecule is CN(Cc1nc2ccsc2c(=O)[nH]1)C(=O)c1cnc2ccccn2c1=O. The highest BCUT2D eigenvalue weighted by atomic mass is 32.1. The number of hydrogen-bond acceptors (Lipinski definition) is 6. The van der Waals surface area contributed by atoms with E-state index in [-0.39, 0.29) is 17.7 Å². The Morgan fingerprint density at radius 3 is 3.00 bits per heavy atom. The summed E-state index contributed by atoms with van der Waals surface area (Å²) in [5, 5.41) is 1.78. The van der Waals surface area contributed by atoms with Crippen LogP contribution in [0, 0.1) is 0 Å². The number of amides is 1. The van der Waals surface area contributed by atoms with Gasteiger partial charge in [-0.25, -0.2) is 9.97 Å². The van der Waals surface area contributed by atoms with Gasteiger partial charge in [0.05, 0.1) is 12.1 Å². The molecule has 0 aromatic carbocycles. The van der Waals surface area contributed by atoms with Crippen molar-refractivity contribution in [1.82, 2.24) is 24.3 Å². The van der Waals surface area contributed by atoms with Gasteiger partial charge in [0.1, 0.15) is 21.7 Å². The molecule has 0 saturated carbocycles. The molecule has 0 unspecified atom stereocenters. The Morgan fingerprint density at radius 2 is 2.15 bits per heavy atom. The zero-order valence-electron chi connectivity index (χ0n) is 13.7. The van der Waals surface area contributed by atoms with Gasteiger partial charge in [0.25, 0.3) is 17.0 Å². The van der Waals surface area contributed by atoms with Gasteiger partial charge in [-0.05, 0) is 23.6 Å². The van der Waals surface area contributed by atoms with E-state index in [9.17, 15) is 14.4 Å². The molecule has 26 heavy (non-hydrogen) atoms. The van der Waals surface area contributed by atoms with Crippen LogP contribution < -0.4 is 11.1 Å². The number of fused-ring (bicyclic) bond motifs is 2. The number of nitrogens with one attached hydrogen (secondary N) is 1. The summed E-state index contributed by atoms with van der Waals surface area (Å²) in [5.74, 6) is -0.139. The number of aromatic amines is 1. The molecular weight excluding hydrogens is 354 g/mol. The molecule has 0 fully saturated rings. The molecular formula is C17H13N5O3S. The van der Waals surface area contributed by atoms with E-state index in [0.29, 0.717) is 21.7 Å². The van der Waals surface area contributed by atoms with Crippen molar-refractivity contribution in [3.63, 3.8) is 0 Å². The molecule has 4 aromatic rings. The largest absolute Gasteiger partial charge is 0.334 e. The van der Waals surface area contributed by atoms with Gasteiger partial charge >= 0.3 is 0 Å². The Morgan fingerprint density at radius 1 is 1.31 bits per heavy atom. The topological polar surface area (TPSA) is 100 Å². The Bertz CT molecular complexity index is 1260. The van der Waals surface area contributed by atoms with E-state index < -0.39 is 11.5 Å². The molecule has 0 bridgehead atoms. The van der Waals surface area contributed by atoms with Gasteiger partial charge in [0.15, 0.2) is 0 Å². The molecule has 0 aliphatic carbocycles. The summed E-state index contributed by atoms with van der Waals surface area (Å²) in [6, 6.07) is 6.89. The molecule has 0 saturated heterocycles. The smallest absolute Gasteiger partial charge is 0.270 e. The van der Waals surface area contributed by atoms with Crippen LogP contribution in [0.3, 0.4) is 0 Å². The van der Waals surface area contributed by atoms with Crippen LogP contribution >= 0.6 is 11.3 Å². The standard InChI is InChI=1S/C17H13N5O3S/c1-21(9-12-19-11-5-7-26-14(11)15(23)20-12)16(24)10-8-18-13-4-2-3-6-22(13)17(10)25/h2-8H,9H2,1H3,(H,19,20,23). The summed E-state index contributed by atoms with van der Waals surface area (Å²) in [4.78, 5) is 49.7. The van der Waals surface area contributed by atoms with Gasteiger partial charge in [-0.2, -0.15) is 0 Å². The quantitative estimate of drug-likeness (QED) is 0.588. The van der Waals surface area contributed by atoms with Crippen molar-refractivity contribution >= 4 is 33.1 Å². The first kappa shape index (κ1) is 16.2. The average molecular weight is 367 g/mol. The lowest BCUT2D eigenvalue weighted by Gasteiger charge is -2.16. The molecule has 4 heterocycles. The second-order valence-electron chi connectivity index (χ2n) is 5.71.